The molecule has 0 atom stereocenters. The number of carboxylic acids is 1. The Kier molecular flexibility index (Phi) is 2.85. The summed E-state index contributed by atoms with van der Waals surface area (Å²) >= 11 is 5.26. The third kappa shape index (κ3) is 1.74. The Labute approximate surface area is 81.1 Å². The molecule has 4 nitrogen and oxygen atoms in total. The highest BCUT2D eigenvalue weighted by Gasteiger charge is 2.23. The van der Waals surface area contributed by atoms with Crippen molar-refractivity contribution in [2.24, 2.45) is 0 Å². The largest absolute Gasteiger partial charge is 0.477 e. The van der Waals surface area contributed by atoms with Gasteiger partial charge in [0.15, 0.2) is 0 Å². The number of aromatic nitrogens is 1. The van der Waals surface area contributed by atoms with E-state index in [0.717, 1.165) is 6.20 Å². The lowest BCUT2D eigenvalue weighted by molar-refractivity contribution is 0.0676. The zero-order valence-electron chi connectivity index (χ0n) is 6.55. The number of aromatic amines is 1. The fraction of sp³-hybridized carbons (Fsp3) is 0.143. The van der Waals surface area contributed by atoms with Crippen molar-refractivity contribution in [3.63, 3.8) is 0 Å². The van der Waals surface area contributed by atoms with Gasteiger partial charge in [0.1, 0.15) is 10.7 Å². The second kappa shape index (κ2) is 3.75. The molecule has 0 aliphatic carbocycles. The monoisotopic (exact) mass is 223 g/mol. The van der Waals surface area contributed by atoms with Gasteiger partial charge in [0.25, 0.3) is 6.43 Å². The normalized spacial score (nSPS) is 10.6. The third-order valence-electron chi connectivity index (χ3n) is 1.51. The van der Waals surface area contributed by atoms with Crippen LogP contribution in [0, 0.1) is 0 Å². The molecule has 0 aromatic carbocycles. The van der Waals surface area contributed by atoms with Crippen molar-refractivity contribution >= 4 is 17.6 Å². The molecule has 0 fully saturated rings. The third-order valence-corrected chi connectivity index (χ3v) is 1.79. The van der Waals surface area contributed by atoms with Crippen LogP contribution in [0.25, 0.3) is 0 Å². The molecular formula is C7H4ClF2NO3. The van der Waals surface area contributed by atoms with Crippen LogP contribution in [-0.4, -0.2) is 16.1 Å². The van der Waals surface area contributed by atoms with Gasteiger partial charge in [0, 0.05) is 6.20 Å². The van der Waals surface area contributed by atoms with Gasteiger partial charge in [-0.3, -0.25) is 4.79 Å². The molecule has 0 bridgehead atoms. The van der Waals surface area contributed by atoms with Gasteiger partial charge in [-0.25, -0.2) is 13.6 Å². The van der Waals surface area contributed by atoms with Gasteiger partial charge in [0.05, 0.1) is 5.56 Å². The summed E-state index contributed by atoms with van der Waals surface area (Å²) in [4.78, 5) is 23.5. The number of alkyl halides is 2. The van der Waals surface area contributed by atoms with Gasteiger partial charge in [-0.15, -0.1) is 0 Å². The van der Waals surface area contributed by atoms with Crippen LogP contribution in [0.1, 0.15) is 22.5 Å². The Morgan fingerprint density at radius 3 is 2.57 bits per heavy atom. The van der Waals surface area contributed by atoms with Crippen molar-refractivity contribution < 1.29 is 18.7 Å². The summed E-state index contributed by atoms with van der Waals surface area (Å²) in [7, 11) is 0. The minimum Gasteiger partial charge on any atom is -0.477 e. The number of halogens is 3. The molecule has 1 aromatic heterocycles. The molecular weight excluding hydrogens is 220 g/mol. The average Bonchev–Trinajstić information content (AvgIpc) is 2.08. The Morgan fingerprint density at radius 1 is 1.57 bits per heavy atom. The van der Waals surface area contributed by atoms with E-state index in [2.05, 4.69) is 0 Å². The van der Waals surface area contributed by atoms with Crippen molar-refractivity contribution in [1.82, 2.24) is 4.98 Å². The van der Waals surface area contributed by atoms with Crippen LogP contribution in [0.5, 0.6) is 0 Å². The summed E-state index contributed by atoms with van der Waals surface area (Å²) in [6.45, 7) is 0. The van der Waals surface area contributed by atoms with E-state index < -0.39 is 34.1 Å². The molecule has 0 saturated heterocycles. The lowest BCUT2D eigenvalue weighted by atomic mass is 10.2. The molecule has 14 heavy (non-hydrogen) atoms. The number of H-pyrrole nitrogens is 1. The van der Waals surface area contributed by atoms with E-state index in [0.29, 0.717) is 0 Å². The zero-order valence-corrected chi connectivity index (χ0v) is 7.31. The van der Waals surface area contributed by atoms with Crippen molar-refractivity contribution in [3.8, 4) is 0 Å². The number of rotatable bonds is 2. The quantitative estimate of drug-likeness (QED) is 0.801. The Balaban J connectivity index is 3.54. The molecule has 0 unspecified atom stereocenters. The van der Waals surface area contributed by atoms with Gasteiger partial charge in [-0.05, 0) is 0 Å². The molecule has 0 radical (unpaired) electrons. The number of hydrogen-bond acceptors (Lipinski definition) is 2. The van der Waals surface area contributed by atoms with Gasteiger partial charge in [0.2, 0.25) is 5.43 Å². The number of nitrogens with one attached hydrogen (secondary N) is 1. The van der Waals surface area contributed by atoms with Crippen LogP contribution in [-0.2, 0) is 0 Å². The van der Waals surface area contributed by atoms with Crippen molar-refractivity contribution in [3.05, 3.63) is 32.7 Å². The zero-order chi connectivity index (χ0) is 10.9. The lowest BCUT2D eigenvalue weighted by Gasteiger charge is -2.03. The first-order valence-electron chi connectivity index (χ1n) is 3.37. The lowest BCUT2D eigenvalue weighted by Crippen LogP contribution is -2.18. The Bertz CT molecular complexity index is 429. The van der Waals surface area contributed by atoms with Crippen LogP contribution < -0.4 is 5.43 Å². The summed E-state index contributed by atoms with van der Waals surface area (Å²) in [6, 6.07) is 0. The van der Waals surface area contributed by atoms with E-state index in [-0.39, 0.29) is 0 Å². The minimum atomic E-state index is -3.18. The maximum atomic E-state index is 12.3. The molecule has 0 saturated carbocycles. The first-order chi connectivity index (χ1) is 6.45. The maximum absolute atomic E-state index is 12.3. The molecule has 0 amide bonds. The highest BCUT2D eigenvalue weighted by Crippen LogP contribution is 2.19. The number of pyridine rings is 1. The van der Waals surface area contributed by atoms with Crippen LogP contribution in [0.3, 0.4) is 0 Å². The molecule has 0 aliphatic heterocycles. The fourth-order valence-electron chi connectivity index (χ4n) is 0.906. The van der Waals surface area contributed by atoms with Crippen molar-refractivity contribution in [1.29, 1.82) is 0 Å². The summed E-state index contributed by atoms with van der Waals surface area (Å²) in [6.07, 6.45) is -2.32. The molecule has 1 rings (SSSR count). The summed E-state index contributed by atoms with van der Waals surface area (Å²) < 4.78 is 24.6. The van der Waals surface area contributed by atoms with Crippen LogP contribution in [0.15, 0.2) is 11.0 Å². The van der Waals surface area contributed by atoms with E-state index >= 15 is 0 Å². The molecule has 7 heteroatoms. The van der Waals surface area contributed by atoms with Crippen LogP contribution in [0.4, 0.5) is 8.78 Å². The van der Waals surface area contributed by atoms with E-state index in [9.17, 15) is 18.4 Å². The van der Waals surface area contributed by atoms with E-state index in [1.165, 1.54) is 0 Å². The van der Waals surface area contributed by atoms with Gasteiger partial charge >= 0.3 is 5.97 Å². The maximum Gasteiger partial charge on any atom is 0.352 e. The highest BCUT2D eigenvalue weighted by molar-refractivity contribution is 6.30. The summed E-state index contributed by atoms with van der Waals surface area (Å²) in [5.74, 6) is -1.63. The molecule has 0 aliphatic rings. The SMILES string of the molecule is O=C(O)c1[nH]cc(Cl)c(=O)c1C(F)F. The van der Waals surface area contributed by atoms with E-state index in [1.807, 2.05) is 4.98 Å². The first-order valence-corrected chi connectivity index (χ1v) is 3.75. The predicted octanol–water partition coefficient (Wildman–Crippen LogP) is 1.66. The minimum absolute atomic E-state index is 0.467. The van der Waals surface area contributed by atoms with Crippen LogP contribution >= 0.6 is 11.6 Å². The molecule has 1 heterocycles. The first kappa shape index (κ1) is 10.6. The molecule has 1 aromatic rings. The van der Waals surface area contributed by atoms with Crippen molar-refractivity contribution in [2.45, 2.75) is 6.43 Å². The molecule has 76 valence electrons. The second-order valence-corrected chi connectivity index (χ2v) is 2.77. The van der Waals surface area contributed by atoms with Crippen LogP contribution in [0.2, 0.25) is 5.02 Å². The standard InChI is InChI=1S/C7H4ClF2NO3/c8-2-1-11-4(7(13)14)3(5(2)12)6(9)10/h1,6H,(H,11,12)(H,13,14). The summed E-state index contributed by atoms with van der Waals surface area (Å²) in [5, 5.41) is 8.02. The smallest absolute Gasteiger partial charge is 0.352 e. The van der Waals surface area contributed by atoms with Gasteiger partial charge < -0.3 is 10.1 Å². The Hall–Kier alpha value is -1.43. The summed E-state index contributed by atoms with van der Waals surface area (Å²) in [5.41, 5.74) is -3.13. The van der Waals surface area contributed by atoms with Gasteiger partial charge in [-0.1, -0.05) is 11.6 Å². The second-order valence-electron chi connectivity index (χ2n) is 2.36. The average molecular weight is 224 g/mol. The number of hydrogen-bond donors (Lipinski definition) is 2. The molecule has 2 N–H and O–H groups in total. The number of aromatic carboxylic acids is 1. The van der Waals surface area contributed by atoms with Gasteiger partial charge in [-0.2, -0.15) is 0 Å². The fourth-order valence-corrected chi connectivity index (χ4v) is 1.06. The van der Waals surface area contributed by atoms with E-state index in [1.54, 1.807) is 0 Å². The molecule has 0 spiro atoms. The predicted molar refractivity (Wildman–Crippen MR) is 44.0 cm³/mol. The Morgan fingerprint density at radius 2 is 2.14 bits per heavy atom. The number of carboxylic acid groups (broad SMARTS) is 1. The topological polar surface area (TPSA) is 70.2 Å². The number of carbonyl (C=O) groups is 1. The van der Waals surface area contributed by atoms with E-state index in [4.69, 9.17) is 16.7 Å². The highest BCUT2D eigenvalue weighted by atomic mass is 35.5. The van der Waals surface area contributed by atoms with Crippen molar-refractivity contribution in [2.75, 3.05) is 0 Å².